The summed E-state index contributed by atoms with van der Waals surface area (Å²) < 4.78 is 0. The Morgan fingerprint density at radius 2 is 2.07 bits per heavy atom. The van der Waals surface area contributed by atoms with Crippen molar-refractivity contribution in [2.75, 3.05) is 19.6 Å². The fourth-order valence-electron chi connectivity index (χ4n) is 4.16. The van der Waals surface area contributed by atoms with Crippen LogP contribution in [0.5, 0.6) is 0 Å². The summed E-state index contributed by atoms with van der Waals surface area (Å²) in [5, 5.41) is 9.16. The molecule has 0 spiro atoms. The number of benzene rings is 1. The molecule has 3 aliphatic rings. The van der Waals surface area contributed by atoms with E-state index in [2.05, 4.69) is 22.9 Å². The van der Waals surface area contributed by atoms with Crippen molar-refractivity contribution in [2.45, 2.75) is 45.3 Å². The number of piperidine rings is 1. The Hall–Kier alpha value is -2.25. The molecule has 1 aromatic rings. The van der Waals surface area contributed by atoms with E-state index in [0.29, 0.717) is 30.5 Å². The molecule has 0 aromatic heterocycles. The van der Waals surface area contributed by atoms with Gasteiger partial charge in [0, 0.05) is 38.2 Å². The second-order valence-electron chi connectivity index (χ2n) is 8.18. The van der Waals surface area contributed by atoms with Gasteiger partial charge in [-0.2, -0.15) is 0 Å². The van der Waals surface area contributed by atoms with Crippen molar-refractivity contribution in [1.82, 2.24) is 20.9 Å². The van der Waals surface area contributed by atoms with Gasteiger partial charge in [-0.3, -0.25) is 19.7 Å². The Morgan fingerprint density at radius 3 is 2.78 bits per heavy atom. The maximum absolute atomic E-state index is 12.8. The lowest BCUT2D eigenvalue weighted by atomic mass is 9.81. The number of amides is 3. The van der Waals surface area contributed by atoms with Gasteiger partial charge in [-0.1, -0.05) is 19.1 Å². The number of carbonyl (C=O) groups excluding carboxylic acids is 3. The molecular weight excluding hydrogens is 344 g/mol. The number of nitrogens with zero attached hydrogens (tertiary/aromatic N) is 1. The van der Waals surface area contributed by atoms with E-state index in [0.717, 1.165) is 37.2 Å². The third kappa shape index (κ3) is 3.49. The first-order valence-electron chi connectivity index (χ1n) is 9.64. The molecule has 0 radical (unpaired) electrons. The average molecular weight is 370 g/mol. The average Bonchev–Trinajstić information content (AvgIpc) is 2.95. The van der Waals surface area contributed by atoms with Crippen LogP contribution in [0.1, 0.15) is 47.7 Å². The summed E-state index contributed by atoms with van der Waals surface area (Å²) in [7, 11) is 0. The molecule has 7 heteroatoms. The van der Waals surface area contributed by atoms with Crippen LogP contribution < -0.4 is 16.0 Å². The van der Waals surface area contributed by atoms with E-state index < -0.39 is 6.04 Å². The number of fused-ring (bicyclic) bond motifs is 1. The summed E-state index contributed by atoms with van der Waals surface area (Å²) in [6.45, 7) is 6.52. The lowest BCUT2D eigenvalue weighted by molar-refractivity contribution is -0.136. The van der Waals surface area contributed by atoms with E-state index in [1.54, 1.807) is 4.90 Å². The van der Waals surface area contributed by atoms with Crippen LogP contribution in [-0.4, -0.2) is 48.3 Å². The molecular formula is C20H26N4O3. The Bertz CT molecular complexity index is 787. The standard InChI is InChI=1S/C20H26N4O3/c1-20(11-22-12-20)7-8-21-9-13-3-2-4-14-15(13)10-24(19(14)27)16-5-6-17(25)23-18(16)26/h2-4,16,21-22H,5-12H2,1H3,(H,23,25,26). The van der Waals surface area contributed by atoms with Gasteiger partial charge in [0.05, 0.1) is 0 Å². The minimum Gasteiger partial charge on any atom is -0.322 e. The summed E-state index contributed by atoms with van der Waals surface area (Å²) in [4.78, 5) is 38.0. The molecule has 7 nitrogen and oxygen atoms in total. The van der Waals surface area contributed by atoms with E-state index in [-0.39, 0.29) is 24.1 Å². The van der Waals surface area contributed by atoms with Gasteiger partial charge in [0.2, 0.25) is 11.8 Å². The number of imide groups is 1. The Kier molecular flexibility index (Phi) is 4.74. The zero-order valence-corrected chi connectivity index (χ0v) is 15.6. The van der Waals surface area contributed by atoms with Crippen molar-refractivity contribution in [1.29, 1.82) is 0 Å². The molecule has 2 saturated heterocycles. The number of hydrogen-bond donors (Lipinski definition) is 3. The molecule has 1 aromatic carbocycles. The molecule has 27 heavy (non-hydrogen) atoms. The van der Waals surface area contributed by atoms with Gasteiger partial charge in [0.1, 0.15) is 6.04 Å². The molecule has 0 bridgehead atoms. The molecule has 1 unspecified atom stereocenters. The van der Waals surface area contributed by atoms with Crippen LogP contribution in [0.4, 0.5) is 0 Å². The third-order valence-electron chi connectivity index (χ3n) is 6.00. The highest BCUT2D eigenvalue weighted by Crippen LogP contribution is 2.30. The maximum atomic E-state index is 12.8. The van der Waals surface area contributed by atoms with Crippen molar-refractivity contribution in [3.05, 3.63) is 34.9 Å². The van der Waals surface area contributed by atoms with Gasteiger partial charge in [0.15, 0.2) is 0 Å². The predicted octanol–water partition coefficient (Wildman–Crippen LogP) is 0.537. The summed E-state index contributed by atoms with van der Waals surface area (Å²) in [5.41, 5.74) is 3.17. The van der Waals surface area contributed by atoms with Gasteiger partial charge in [-0.15, -0.1) is 0 Å². The topological polar surface area (TPSA) is 90.5 Å². The van der Waals surface area contributed by atoms with Crippen LogP contribution in [0.3, 0.4) is 0 Å². The van der Waals surface area contributed by atoms with Crippen molar-refractivity contribution in [3.8, 4) is 0 Å². The van der Waals surface area contributed by atoms with E-state index in [4.69, 9.17) is 0 Å². The molecule has 2 fully saturated rings. The number of hydrogen-bond acceptors (Lipinski definition) is 5. The Morgan fingerprint density at radius 1 is 1.26 bits per heavy atom. The maximum Gasteiger partial charge on any atom is 0.255 e. The molecule has 3 amide bonds. The quantitative estimate of drug-likeness (QED) is 0.502. The van der Waals surface area contributed by atoms with Crippen LogP contribution in [0.25, 0.3) is 0 Å². The van der Waals surface area contributed by atoms with Crippen molar-refractivity contribution < 1.29 is 14.4 Å². The Balaban J connectivity index is 1.41. The summed E-state index contributed by atoms with van der Waals surface area (Å²) in [6.07, 6.45) is 1.79. The van der Waals surface area contributed by atoms with Crippen LogP contribution in [0.15, 0.2) is 18.2 Å². The number of nitrogens with one attached hydrogen (secondary N) is 3. The highest BCUT2D eigenvalue weighted by molar-refractivity contribution is 6.05. The molecule has 1 atom stereocenters. The summed E-state index contributed by atoms with van der Waals surface area (Å²) in [5.74, 6) is -0.746. The lowest BCUT2D eigenvalue weighted by Crippen LogP contribution is -2.52. The van der Waals surface area contributed by atoms with Crippen molar-refractivity contribution in [3.63, 3.8) is 0 Å². The smallest absolute Gasteiger partial charge is 0.255 e. The van der Waals surface area contributed by atoms with Crippen LogP contribution in [-0.2, 0) is 22.7 Å². The zero-order chi connectivity index (χ0) is 19.0. The fraction of sp³-hybridized carbons (Fsp3) is 0.550. The molecule has 3 aliphatic heterocycles. The summed E-state index contributed by atoms with van der Waals surface area (Å²) >= 11 is 0. The van der Waals surface area contributed by atoms with Crippen molar-refractivity contribution in [2.24, 2.45) is 5.41 Å². The van der Waals surface area contributed by atoms with Gasteiger partial charge in [-0.25, -0.2) is 0 Å². The van der Waals surface area contributed by atoms with Gasteiger partial charge >= 0.3 is 0 Å². The first-order valence-corrected chi connectivity index (χ1v) is 9.64. The summed E-state index contributed by atoms with van der Waals surface area (Å²) in [6, 6.07) is 5.21. The molecule has 4 rings (SSSR count). The SMILES string of the molecule is CC1(CCNCc2cccc3c2CN(C2CCC(=O)NC2=O)C3=O)CNC1. The van der Waals surface area contributed by atoms with Crippen LogP contribution in [0, 0.1) is 5.41 Å². The minimum atomic E-state index is -0.561. The molecule has 3 heterocycles. The lowest BCUT2D eigenvalue weighted by Gasteiger charge is -2.39. The molecule has 0 saturated carbocycles. The second kappa shape index (κ2) is 7.05. The normalized spacial score (nSPS) is 23.8. The monoisotopic (exact) mass is 370 g/mol. The first-order chi connectivity index (χ1) is 13.0. The van der Waals surface area contributed by atoms with Crippen LogP contribution >= 0.6 is 0 Å². The fourth-order valence-corrected chi connectivity index (χ4v) is 4.16. The molecule has 3 N–H and O–H groups in total. The first kappa shape index (κ1) is 18.1. The molecule has 0 aliphatic carbocycles. The van der Waals surface area contributed by atoms with Crippen LogP contribution in [0.2, 0.25) is 0 Å². The highest BCUT2D eigenvalue weighted by Gasteiger charge is 2.39. The van der Waals surface area contributed by atoms with E-state index in [1.807, 2.05) is 18.2 Å². The predicted molar refractivity (Wildman–Crippen MR) is 99.8 cm³/mol. The van der Waals surface area contributed by atoms with Gasteiger partial charge in [0.25, 0.3) is 5.91 Å². The Labute approximate surface area is 158 Å². The largest absolute Gasteiger partial charge is 0.322 e. The minimum absolute atomic E-state index is 0.116. The number of rotatable bonds is 6. The van der Waals surface area contributed by atoms with E-state index in [1.165, 1.54) is 0 Å². The van der Waals surface area contributed by atoms with Gasteiger partial charge in [-0.05, 0) is 42.0 Å². The van der Waals surface area contributed by atoms with E-state index in [9.17, 15) is 14.4 Å². The van der Waals surface area contributed by atoms with Gasteiger partial charge < -0.3 is 15.5 Å². The van der Waals surface area contributed by atoms with Crippen molar-refractivity contribution >= 4 is 17.7 Å². The third-order valence-corrected chi connectivity index (χ3v) is 6.00. The molecule has 144 valence electrons. The zero-order valence-electron chi connectivity index (χ0n) is 15.6. The van der Waals surface area contributed by atoms with E-state index >= 15 is 0 Å². The second-order valence-corrected chi connectivity index (χ2v) is 8.18. The number of carbonyl (C=O) groups is 3. The highest BCUT2D eigenvalue weighted by atomic mass is 16.2.